The van der Waals surface area contributed by atoms with Crippen molar-refractivity contribution in [2.75, 3.05) is 13.2 Å². The maximum atomic E-state index is 12.8. The van der Waals surface area contributed by atoms with E-state index in [2.05, 4.69) is 0 Å². The van der Waals surface area contributed by atoms with Crippen LogP contribution in [0.15, 0.2) is 57.9 Å². The van der Waals surface area contributed by atoms with Gasteiger partial charge in [0.25, 0.3) is 16.8 Å². The average molecular weight is 479 g/mol. The summed E-state index contributed by atoms with van der Waals surface area (Å²) in [5.41, 5.74) is 3.41. The predicted octanol–water partition coefficient (Wildman–Crippen LogP) is 5.90. The van der Waals surface area contributed by atoms with Crippen LogP contribution in [0.5, 0.6) is 5.75 Å². The molecule has 8 nitrogen and oxygen atoms in total. The van der Waals surface area contributed by atoms with Gasteiger partial charge in [-0.2, -0.15) is 0 Å². The Labute approximate surface area is 200 Å². The second kappa shape index (κ2) is 9.56. The molecule has 3 aromatic rings. The summed E-state index contributed by atoms with van der Waals surface area (Å²) < 4.78 is 11.6. The molecule has 1 aliphatic rings. The van der Waals surface area contributed by atoms with E-state index in [4.69, 9.17) is 9.15 Å². The molecule has 0 N–H and O–H groups in total. The Morgan fingerprint density at radius 1 is 1.06 bits per heavy atom. The van der Waals surface area contributed by atoms with Gasteiger partial charge in [0.2, 0.25) is 0 Å². The van der Waals surface area contributed by atoms with Crippen molar-refractivity contribution < 1.29 is 23.7 Å². The summed E-state index contributed by atoms with van der Waals surface area (Å²) in [5.74, 6) is 1.12. The third kappa shape index (κ3) is 4.89. The lowest BCUT2D eigenvalue weighted by Crippen LogP contribution is -2.32. The van der Waals surface area contributed by atoms with Crippen LogP contribution in [0.1, 0.15) is 22.5 Å². The number of imide groups is 1. The van der Waals surface area contributed by atoms with Crippen LogP contribution in [0.3, 0.4) is 0 Å². The number of aryl methyl sites for hydroxylation is 3. The molecule has 0 atom stereocenters. The van der Waals surface area contributed by atoms with Crippen LogP contribution in [0.2, 0.25) is 0 Å². The second-order valence-corrected chi connectivity index (χ2v) is 8.90. The highest BCUT2D eigenvalue weighted by Gasteiger charge is 2.35. The van der Waals surface area contributed by atoms with Gasteiger partial charge in [-0.15, -0.1) is 0 Å². The minimum atomic E-state index is -0.465. The van der Waals surface area contributed by atoms with Crippen molar-refractivity contribution in [3.05, 3.63) is 86.0 Å². The number of carbonyl (C=O) groups excluding carboxylic acids is 2. The van der Waals surface area contributed by atoms with E-state index in [1.165, 1.54) is 18.2 Å². The third-order valence-corrected chi connectivity index (χ3v) is 6.29. The van der Waals surface area contributed by atoms with Gasteiger partial charge in [0.15, 0.2) is 0 Å². The quantitative estimate of drug-likeness (QED) is 0.237. The van der Waals surface area contributed by atoms with Gasteiger partial charge in [0.05, 0.1) is 16.4 Å². The highest BCUT2D eigenvalue weighted by molar-refractivity contribution is 8.18. The molecule has 1 aliphatic heterocycles. The number of amides is 2. The standard InChI is InChI=1S/C25H22N2O6S/c1-15-4-5-17(3)22(12-15)32-11-10-26-24(28)23(34-25(26)29)14-19-8-9-21(33-19)20-13-18(27(30)31)7-6-16(20)2/h4-9,12-14H,10-11H2,1-3H3/b23-14-. The number of rotatable bonds is 7. The molecule has 34 heavy (non-hydrogen) atoms. The second-order valence-electron chi connectivity index (χ2n) is 7.91. The van der Waals surface area contributed by atoms with E-state index in [0.717, 1.165) is 39.1 Å². The summed E-state index contributed by atoms with van der Waals surface area (Å²) in [5, 5.41) is 10.7. The average Bonchev–Trinajstić information content (AvgIpc) is 3.36. The van der Waals surface area contributed by atoms with Crippen molar-refractivity contribution in [3.63, 3.8) is 0 Å². The minimum absolute atomic E-state index is 0.0391. The van der Waals surface area contributed by atoms with E-state index in [0.29, 0.717) is 17.1 Å². The van der Waals surface area contributed by atoms with Crippen LogP contribution < -0.4 is 4.74 Å². The highest BCUT2D eigenvalue weighted by atomic mass is 32.2. The summed E-state index contributed by atoms with van der Waals surface area (Å²) in [6.07, 6.45) is 1.51. The van der Waals surface area contributed by atoms with Crippen LogP contribution in [0.25, 0.3) is 17.4 Å². The Bertz CT molecular complexity index is 1330. The molecule has 1 fully saturated rings. The van der Waals surface area contributed by atoms with Crippen LogP contribution in [0, 0.1) is 30.9 Å². The molecule has 2 heterocycles. The summed E-state index contributed by atoms with van der Waals surface area (Å²) in [6, 6.07) is 13.7. The molecule has 0 saturated carbocycles. The normalized spacial score (nSPS) is 14.8. The van der Waals surface area contributed by atoms with Crippen molar-refractivity contribution in [1.29, 1.82) is 0 Å². The molecule has 0 radical (unpaired) electrons. The van der Waals surface area contributed by atoms with E-state index >= 15 is 0 Å². The smallest absolute Gasteiger partial charge is 0.293 e. The first-order chi connectivity index (χ1) is 16.2. The lowest BCUT2D eigenvalue weighted by Gasteiger charge is -2.14. The molecule has 0 spiro atoms. The van der Waals surface area contributed by atoms with Gasteiger partial charge in [0.1, 0.15) is 23.9 Å². The van der Waals surface area contributed by atoms with E-state index in [1.807, 2.05) is 39.0 Å². The molecule has 0 bridgehead atoms. The topological polar surface area (TPSA) is 103 Å². The van der Waals surface area contributed by atoms with Gasteiger partial charge in [-0.1, -0.05) is 18.2 Å². The number of benzene rings is 2. The Morgan fingerprint density at radius 2 is 1.82 bits per heavy atom. The highest BCUT2D eigenvalue weighted by Crippen LogP contribution is 2.34. The van der Waals surface area contributed by atoms with Crippen LogP contribution in [0.4, 0.5) is 10.5 Å². The van der Waals surface area contributed by atoms with Crippen molar-refractivity contribution >= 4 is 34.7 Å². The molecule has 1 saturated heterocycles. The number of thioether (sulfide) groups is 1. The molecule has 9 heteroatoms. The third-order valence-electron chi connectivity index (χ3n) is 5.39. The zero-order valence-electron chi connectivity index (χ0n) is 18.9. The summed E-state index contributed by atoms with van der Waals surface area (Å²) >= 11 is 0.837. The number of ether oxygens (including phenoxy) is 1. The Kier molecular flexibility index (Phi) is 6.56. The number of nitro benzene ring substituents is 1. The summed E-state index contributed by atoms with van der Waals surface area (Å²) in [7, 11) is 0. The molecular weight excluding hydrogens is 456 g/mol. The minimum Gasteiger partial charge on any atom is -0.491 e. The van der Waals surface area contributed by atoms with Crippen molar-refractivity contribution in [3.8, 4) is 17.1 Å². The van der Waals surface area contributed by atoms with E-state index in [-0.39, 0.29) is 29.0 Å². The van der Waals surface area contributed by atoms with E-state index < -0.39 is 10.8 Å². The predicted molar refractivity (Wildman–Crippen MR) is 130 cm³/mol. The van der Waals surface area contributed by atoms with E-state index in [1.54, 1.807) is 18.2 Å². The van der Waals surface area contributed by atoms with Gasteiger partial charge in [-0.05, 0) is 67.4 Å². The molecule has 0 unspecified atom stereocenters. The number of carbonyl (C=O) groups is 2. The number of hydrogen-bond acceptors (Lipinski definition) is 7. The van der Waals surface area contributed by atoms with E-state index in [9.17, 15) is 19.7 Å². The van der Waals surface area contributed by atoms with Crippen LogP contribution in [-0.4, -0.2) is 34.1 Å². The van der Waals surface area contributed by atoms with Gasteiger partial charge < -0.3 is 9.15 Å². The maximum absolute atomic E-state index is 12.8. The number of furan rings is 1. The maximum Gasteiger partial charge on any atom is 0.293 e. The first-order valence-corrected chi connectivity index (χ1v) is 11.4. The van der Waals surface area contributed by atoms with Gasteiger partial charge in [-0.3, -0.25) is 24.6 Å². The van der Waals surface area contributed by atoms with Gasteiger partial charge in [0, 0.05) is 23.8 Å². The molecule has 4 rings (SSSR count). The number of nitrogens with zero attached hydrogens (tertiary/aromatic N) is 2. The molecule has 1 aromatic heterocycles. The largest absolute Gasteiger partial charge is 0.491 e. The fourth-order valence-electron chi connectivity index (χ4n) is 3.50. The fraction of sp³-hybridized carbons (Fsp3) is 0.200. The van der Waals surface area contributed by atoms with Gasteiger partial charge >= 0.3 is 0 Å². The first kappa shape index (κ1) is 23.3. The Morgan fingerprint density at radius 3 is 2.59 bits per heavy atom. The Balaban J connectivity index is 1.46. The fourth-order valence-corrected chi connectivity index (χ4v) is 4.34. The number of hydrogen-bond donors (Lipinski definition) is 0. The molecular formula is C25H22N2O6S. The lowest BCUT2D eigenvalue weighted by molar-refractivity contribution is -0.384. The molecule has 174 valence electrons. The summed E-state index contributed by atoms with van der Waals surface area (Å²) in [6.45, 7) is 6.05. The zero-order chi connectivity index (χ0) is 24.4. The van der Waals surface area contributed by atoms with Crippen molar-refractivity contribution in [2.45, 2.75) is 20.8 Å². The molecule has 2 amide bonds. The monoisotopic (exact) mass is 478 g/mol. The van der Waals surface area contributed by atoms with Gasteiger partial charge in [-0.25, -0.2) is 0 Å². The van der Waals surface area contributed by atoms with Crippen LogP contribution in [-0.2, 0) is 4.79 Å². The lowest BCUT2D eigenvalue weighted by atomic mass is 10.1. The zero-order valence-corrected chi connectivity index (χ0v) is 19.7. The summed E-state index contributed by atoms with van der Waals surface area (Å²) in [4.78, 5) is 37.2. The number of non-ortho nitro benzene ring substituents is 1. The first-order valence-electron chi connectivity index (χ1n) is 10.5. The number of nitro groups is 1. The Hall–Kier alpha value is -3.85. The molecule has 0 aliphatic carbocycles. The van der Waals surface area contributed by atoms with Crippen LogP contribution >= 0.6 is 11.8 Å². The molecule has 2 aromatic carbocycles. The SMILES string of the molecule is Cc1ccc(C)c(OCCN2C(=O)S/C(=C\c3ccc(-c4cc([N+](=O)[O-])ccc4C)o3)C2=O)c1. The van der Waals surface area contributed by atoms with Crippen molar-refractivity contribution in [2.24, 2.45) is 0 Å². The van der Waals surface area contributed by atoms with Crippen molar-refractivity contribution in [1.82, 2.24) is 4.90 Å².